The maximum atomic E-state index is 12.5. The molecule has 1 aliphatic heterocycles. The summed E-state index contributed by atoms with van der Waals surface area (Å²) < 4.78 is 0. The molecule has 0 aliphatic carbocycles. The molecule has 2 aromatic rings. The predicted octanol–water partition coefficient (Wildman–Crippen LogP) is 3.48. The minimum atomic E-state index is 0.123. The molecule has 7 heteroatoms. The van der Waals surface area contributed by atoms with Gasteiger partial charge in [0.25, 0.3) is 0 Å². The van der Waals surface area contributed by atoms with E-state index in [0.717, 1.165) is 35.9 Å². The van der Waals surface area contributed by atoms with E-state index in [9.17, 15) is 4.79 Å². The van der Waals surface area contributed by atoms with Crippen molar-refractivity contribution in [3.8, 4) is 10.6 Å². The van der Waals surface area contributed by atoms with E-state index in [4.69, 9.17) is 23.2 Å². The van der Waals surface area contributed by atoms with Crippen LogP contribution in [0.25, 0.3) is 10.6 Å². The monoisotopic (exact) mass is 369 g/mol. The summed E-state index contributed by atoms with van der Waals surface area (Å²) in [6.45, 7) is 4.50. The van der Waals surface area contributed by atoms with Crippen molar-refractivity contribution in [2.45, 2.75) is 19.4 Å². The lowest BCUT2D eigenvalue weighted by Crippen LogP contribution is -2.52. The molecule has 1 aromatic heterocycles. The number of thiazole rings is 1. The van der Waals surface area contributed by atoms with Crippen molar-refractivity contribution in [3.63, 3.8) is 0 Å². The van der Waals surface area contributed by atoms with Gasteiger partial charge in [-0.1, -0.05) is 23.2 Å². The third-order valence-corrected chi connectivity index (χ3v) is 5.34. The van der Waals surface area contributed by atoms with Crippen LogP contribution in [-0.2, 0) is 11.2 Å². The van der Waals surface area contributed by atoms with Crippen LogP contribution >= 0.6 is 34.5 Å². The molecular weight excluding hydrogens is 353 g/mol. The van der Waals surface area contributed by atoms with Crippen molar-refractivity contribution in [2.75, 3.05) is 19.6 Å². The molecule has 3 rings (SSSR count). The normalized spacial score (nSPS) is 18.2. The molecule has 1 fully saturated rings. The molecule has 0 radical (unpaired) electrons. The Labute approximate surface area is 149 Å². The van der Waals surface area contributed by atoms with Crippen LogP contribution in [0.1, 0.15) is 12.6 Å². The zero-order valence-electron chi connectivity index (χ0n) is 12.7. The molecule has 1 amide bonds. The minimum Gasteiger partial charge on any atom is -0.337 e. The summed E-state index contributed by atoms with van der Waals surface area (Å²) in [6, 6.07) is 5.57. The highest BCUT2D eigenvalue weighted by atomic mass is 35.5. The highest BCUT2D eigenvalue weighted by molar-refractivity contribution is 7.13. The molecule has 2 heterocycles. The zero-order chi connectivity index (χ0) is 16.4. The van der Waals surface area contributed by atoms with E-state index in [1.165, 1.54) is 11.3 Å². The molecule has 0 unspecified atom stereocenters. The van der Waals surface area contributed by atoms with Crippen LogP contribution in [0.2, 0.25) is 10.0 Å². The van der Waals surface area contributed by atoms with Crippen molar-refractivity contribution in [2.24, 2.45) is 0 Å². The summed E-state index contributed by atoms with van der Waals surface area (Å²) >= 11 is 13.6. The van der Waals surface area contributed by atoms with Gasteiger partial charge in [-0.05, 0) is 25.1 Å². The maximum Gasteiger partial charge on any atom is 0.228 e. The number of benzene rings is 1. The average molecular weight is 370 g/mol. The van der Waals surface area contributed by atoms with Gasteiger partial charge in [0.1, 0.15) is 5.01 Å². The van der Waals surface area contributed by atoms with E-state index in [0.29, 0.717) is 16.5 Å². The Balaban J connectivity index is 1.73. The van der Waals surface area contributed by atoms with Gasteiger partial charge in [0, 0.05) is 41.6 Å². The lowest BCUT2D eigenvalue weighted by Gasteiger charge is -2.33. The molecule has 1 atom stereocenters. The van der Waals surface area contributed by atoms with Gasteiger partial charge in [-0.25, -0.2) is 4.98 Å². The number of rotatable bonds is 3. The van der Waals surface area contributed by atoms with Gasteiger partial charge in [-0.15, -0.1) is 11.3 Å². The molecule has 23 heavy (non-hydrogen) atoms. The second kappa shape index (κ2) is 7.18. The number of carbonyl (C=O) groups excluding carboxylic acids is 1. The van der Waals surface area contributed by atoms with Gasteiger partial charge in [0.05, 0.1) is 17.1 Å². The largest absolute Gasteiger partial charge is 0.337 e. The topological polar surface area (TPSA) is 45.2 Å². The van der Waals surface area contributed by atoms with Crippen LogP contribution < -0.4 is 5.32 Å². The molecule has 4 nitrogen and oxygen atoms in total. The van der Waals surface area contributed by atoms with Crippen LogP contribution in [0.15, 0.2) is 23.6 Å². The van der Waals surface area contributed by atoms with E-state index in [1.54, 1.807) is 12.1 Å². The van der Waals surface area contributed by atoms with Crippen molar-refractivity contribution in [3.05, 3.63) is 39.3 Å². The van der Waals surface area contributed by atoms with E-state index < -0.39 is 0 Å². The van der Waals surface area contributed by atoms with E-state index in [2.05, 4.69) is 17.2 Å². The summed E-state index contributed by atoms with van der Waals surface area (Å²) in [6.07, 6.45) is 0.325. The molecule has 1 aliphatic rings. The van der Waals surface area contributed by atoms with Gasteiger partial charge in [-0.3, -0.25) is 4.79 Å². The van der Waals surface area contributed by atoms with Crippen LogP contribution in [0.4, 0.5) is 0 Å². The first-order valence-corrected chi connectivity index (χ1v) is 9.08. The number of hydrogen-bond acceptors (Lipinski definition) is 4. The number of nitrogens with one attached hydrogen (secondary N) is 1. The SMILES string of the molecule is C[C@H]1CNCCN1C(=O)Cc1csc(-c2ccc(Cl)cc2Cl)n1. The number of hydrogen-bond donors (Lipinski definition) is 1. The van der Waals surface area contributed by atoms with E-state index in [-0.39, 0.29) is 11.9 Å². The molecule has 122 valence electrons. The fraction of sp³-hybridized carbons (Fsp3) is 0.375. The highest BCUT2D eigenvalue weighted by Crippen LogP contribution is 2.32. The summed E-state index contributed by atoms with van der Waals surface area (Å²) in [5, 5.41) is 7.18. The Morgan fingerprint density at radius 2 is 2.30 bits per heavy atom. The fourth-order valence-corrected chi connectivity index (χ4v) is 4.06. The van der Waals surface area contributed by atoms with Crippen molar-refractivity contribution < 1.29 is 4.79 Å². The van der Waals surface area contributed by atoms with E-state index >= 15 is 0 Å². The van der Waals surface area contributed by atoms with E-state index in [1.807, 2.05) is 16.3 Å². The van der Waals surface area contributed by atoms with Gasteiger partial charge in [0.15, 0.2) is 0 Å². The molecule has 1 saturated heterocycles. The average Bonchev–Trinajstić information content (AvgIpc) is 2.95. The van der Waals surface area contributed by atoms with Gasteiger partial charge in [0.2, 0.25) is 5.91 Å². The molecule has 0 saturated carbocycles. The summed E-state index contributed by atoms with van der Waals surface area (Å²) in [5.74, 6) is 0.123. The maximum absolute atomic E-state index is 12.5. The fourth-order valence-electron chi connectivity index (χ4n) is 2.64. The molecule has 0 bridgehead atoms. The third kappa shape index (κ3) is 3.86. The summed E-state index contributed by atoms with van der Waals surface area (Å²) in [5.41, 5.74) is 1.63. The number of piperazine rings is 1. The Hall–Kier alpha value is -1.14. The Bertz CT molecular complexity index is 719. The Kier molecular flexibility index (Phi) is 5.21. The first-order chi connectivity index (χ1) is 11.0. The molecule has 1 N–H and O–H groups in total. The lowest BCUT2D eigenvalue weighted by atomic mass is 10.2. The van der Waals surface area contributed by atoms with Crippen molar-refractivity contribution >= 4 is 40.4 Å². The van der Waals surface area contributed by atoms with Crippen LogP contribution in [0, 0.1) is 0 Å². The summed E-state index contributed by atoms with van der Waals surface area (Å²) in [7, 11) is 0. The Morgan fingerprint density at radius 3 is 3.04 bits per heavy atom. The van der Waals surface area contributed by atoms with Crippen LogP contribution in [-0.4, -0.2) is 41.5 Å². The third-order valence-electron chi connectivity index (χ3n) is 3.87. The van der Waals surface area contributed by atoms with Gasteiger partial charge in [-0.2, -0.15) is 0 Å². The zero-order valence-corrected chi connectivity index (χ0v) is 15.0. The van der Waals surface area contributed by atoms with Gasteiger partial charge >= 0.3 is 0 Å². The first-order valence-electron chi connectivity index (χ1n) is 7.44. The van der Waals surface area contributed by atoms with Gasteiger partial charge < -0.3 is 10.2 Å². The first kappa shape index (κ1) is 16.7. The second-order valence-corrected chi connectivity index (χ2v) is 7.29. The van der Waals surface area contributed by atoms with Crippen molar-refractivity contribution in [1.29, 1.82) is 0 Å². The van der Waals surface area contributed by atoms with Crippen molar-refractivity contribution in [1.82, 2.24) is 15.2 Å². The lowest BCUT2D eigenvalue weighted by molar-refractivity contribution is -0.133. The second-order valence-electron chi connectivity index (χ2n) is 5.59. The number of amides is 1. The number of halogens is 2. The Morgan fingerprint density at radius 1 is 1.48 bits per heavy atom. The number of carbonyl (C=O) groups is 1. The van der Waals surface area contributed by atoms with Crippen LogP contribution in [0.3, 0.4) is 0 Å². The predicted molar refractivity (Wildman–Crippen MR) is 95.3 cm³/mol. The highest BCUT2D eigenvalue weighted by Gasteiger charge is 2.23. The quantitative estimate of drug-likeness (QED) is 0.900. The van der Waals surface area contributed by atoms with Crippen LogP contribution in [0.5, 0.6) is 0 Å². The molecular formula is C16H17Cl2N3OS. The molecule has 0 spiro atoms. The number of nitrogens with zero attached hydrogens (tertiary/aromatic N) is 2. The minimum absolute atomic E-state index is 0.123. The standard InChI is InChI=1S/C16H17Cl2N3OS/c1-10-8-19-4-5-21(10)15(22)7-12-9-23-16(20-12)13-3-2-11(17)6-14(13)18/h2-3,6,9-10,19H,4-5,7-8H2,1H3/t10-/m0/s1. The number of aromatic nitrogens is 1. The molecule has 1 aromatic carbocycles. The smallest absolute Gasteiger partial charge is 0.228 e. The summed E-state index contributed by atoms with van der Waals surface area (Å²) in [4.78, 5) is 18.9.